The summed E-state index contributed by atoms with van der Waals surface area (Å²) in [5.74, 6) is -4.88. The van der Waals surface area contributed by atoms with Crippen LogP contribution >= 0.6 is 0 Å². The predicted octanol–water partition coefficient (Wildman–Crippen LogP) is 2.08. The highest BCUT2D eigenvalue weighted by Crippen LogP contribution is 2.40. The number of benzene rings is 1. The molecule has 0 saturated heterocycles. The van der Waals surface area contributed by atoms with Crippen molar-refractivity contribution in [2.24, 2.45) is 11.8 Å². The number of Topliss-reactive ketones (excluding diaryl/α,β-unsaturated/α-hetero) is 2. The summed E-state index contributed by atoms with van der Waals surface area (Å²) in [6.07, 6.45) is 0.898. The van der Waals surface area contributed by atoms with Crippen LogP contribution in [0.5, 0.6) is 0 Å². The largest absolute Gasteiger partial charge is 0.511 e. The van der Waals surface area contributed by atoms with Gasteiger partial charge in [-0.25, -0.2) is 0 Å². The van der Waals surface area contributed by atoms with Crippen molar-refractivity contribution >= 4 is 11.6 Å². The molecule has 0 bridgehead atoms. The molecule has 2 aliphatic carbocycles. The molecule has 0 saturated carbocycles. The van der Waals surface area contributed by atoms with Gasteiger partial charge in [0.05, 0.1) is 5.92 Å². The molecule has 0 spiro atoms. The van der Waals surface area contributed by atoms with Crippen LogP contribution in [0.15, 0.2) is 47.6 Å². The first-order chi connectivity index (χ1) is 9.02. The van der Waals surface area contributed by atoms with E-state index in [2.05, 4.69) is 0 Å². The third-order valence-corrected chi connectivity index (χ3v) is 3.52. The van der Waals surface area contributed by atoms with E-state index in [1.807, 2.05) is 0 Å². The van der Waals surface area contributed by atoms with Crippen LogP contribution in [-0.2, 0) is 0 Å². The van der Waals surface area contributed by atoms with Gasteiger partial charge in [-0.05, 0) is 0 Å². The van der Waals surface area contributed by atoms with Crippen LogP contribution < -0.4 is 0 Å². The number of carbonyl (C=O) groups excluding carboxylic acids is 2. The van der Waals surface area contributed by atoms with Gasteiger partial charge in [-0.3, -0.25) is 9.59 Å². The summed E-state index contributed by atoms with van der Waals surface area (Å²) >= 11 is 0. The number of ketones is 2. The van der Waals surface area contributed by atoms with Crippen LogP contribution in [-0.4, -0.2) is 26.9 Å². The van der Waals surface area contributed by atoms with Gasteiger partial charge in [-0.1, -0.05) is 24.3 Å². The Labute approximate surface area is 108 Å². The third kappa shape index (κ3) is 1.41. The lowest BCUT2D eigenvalue weighted by molar-refractivity contribution is 0.0692. The molecule has 0 amide bonds. The van der Waals surface area contributed by atoms with Crippen molar-refractivity contribution in [2.75, 3.05) is 0 Å². The molecule has 0 aliphatic heterocycles. The maximum atomic E-state index is 12.3. The second-order valence-electron chi connectivity index (χ2n) is 4.57. The van der Waals surface area contributed by atoms with E-state index in [4.69, 9.17) is 0 Å². The molecule has 1 aromatic carbocycles. The van der Waals surface area contributed by atoms with Gasteiger partial charge in [0.2, 0.25) is 0 Å². The van der Waals surface area contributed by atoms with E-state index in [9.17, 15) is 24.9 Å². The molecule has 2 atom stereocenters. The molecule has 0 radical (unpaired) electrons. The van der Waals surface area contributed by atoms with Crippen molar-refractivity contribution in [1.29, 1.82) is 0 Å². The van der Waals surface area contributed by atoms with Gasteiger partial charge >= 0.3 is 0 Å². The second kappa shape index (κ2) is 3.71. The number of hydrogen-bond donors (Lipinski definition) is 3. The molecule has 2 unspecified atom stereocenters. The lowest BCUT2D eigenvalue weighted by Crippen LogP contribution is -2.40. The Morgan fingerprint density at radius 3 is 1.95 bits per heavy atom. The standard InChI is InChI=1S/C14H10O5/c15-8-5-9(16)14(19)11-10(8)12(17)6-3-1-2-4-7(6)13(11)18/h1-5,10-11,15-16,19H. The molecule has 0 aromatic heterocycles. The molecule has 0 fully saturated rings. The first kappa shape index (κ1) is 11.5. The van der Waals surface area contributed by atoms with Gasteiger partial charge in [-0.2, -0.15) is 0 Å². The van der Waals surface area contributed by atoms with Crippen LogP contribution in [0.1, 0.15) is 20.7 Å². The topological polar surface area (TPSA) is 94.8 Å². The molecule has 96 valence electrons. The molecule has 3 rings (SSSR count). The van der Waals surface area contributed by atoms with Crippen molar-refractivity contribution in [3.8, 4) is 0 Å². The Morgan fingerprint density at radius 2 is 1.37 bits per heavy atom. The van der Waals surface area contributed by atoms with Gasteiger partial charge in [0.15, 0.2) is 17.3 Å². The summed E-state index contributed by atoms with van der Waals surface area (Å²) in [4.78, 5) is 24.6. The maximum Gasteiger partial charge on any atom is 0.175 e. The molecule has 1 aromatic rings. The minimum atomic E-state index is -1.24. The highest BCUT2D eigenvalue weighted by molar-refractivity contribution is 6.17. The zero-order valence-electron chi connectivity index (χ0n) is 9.70. The Balaban J connectivity index is 2.26. The van der Waals surface area contributed by atoms with Crippen molar-refractivity contribution in [3.63, 3.8) is 0 Å². The highest BCUT2D eigenvalue weighted by atomic mass is 16.3. The molecular formula is C14H10O5. The number of rotatable bonds is 0. The smallest absolute Gasteiger partial charge is 0.175 e. The predicted molar refractivity (Wildman–Crippen MR) is 65.1 cm³/mol. The Hall–Kier alpha value is -2.56. The fourth-order valence-corrected chi connectivity index (χ4v) is 2.60. The van der Waals surface area contributed by atoms with Gasteiger partial charge in [0, 0.05) is 17.2 Å². The molecule has 5 heteroatoms. The molecule has 5 nitrogen and oxygen atoms in total. The molecular weight excluding hydrogens is 248 g/mol. The molecule has 3 N–H and O–H groups in total. The van der Waals surface area contributed by atoms with Crippen molar-refractivity contribution < 1.29 is 24.9 Å². The first-order valence-corrected chi connectivity index (χ1v) is 5.72. The lowest BCUT2D eigenvalue weighted by atomic mass is 9.70. The summed E-state index contributed by atoms with van der Waals surface area (Å²) < 4.78 is 0. The molecule has 0 heterocycles. The Kier molecular flexibility index (Phi) is 2.25. The van der Waals surface area contributed by atoms with E-state index >= 15 is 0 Å². The fourth-order valence-electron chi connectivity index (χ4n) is 2.60. The second-order valence-corrected chi connectivity index (χ2v) is 4.57. The molecule has 19 heavy (non-hydrogen) atoms. The summed E-state index contributed by atoms with van der Waals surface area (Å²) in [6.45, 7) is 0. The van der Waals surface area contributed by atoms with Crippen molar-refractivity contribution in [2.45, 2.75) is 0 Å². The van der Waals surface area contributed by atoms with Crippen LogP contribution in [0.4, 0.5) is 0 Å². The number of carbonyl (C=O) groups is 2. The van der Waals surface area contributed by atoms with E-state index in [-0.39, 0.29) is 11.1 Å². The van der Waals surface area contributed by atoms with Gasteiger partial charge in [0.1, 0.15) is 17.4 Å². The van der Waals surface area contributed by atoms with Gasteiger partial charge in [0.25, 0.3) is 0 Å². The van der Waals surface area contributed by atoms with Crippen LogP contribution in [0.2, 0.25) is 0 Å². The van der Waals surface area contributed by atoms with E-state index in [0.717, 1.165) is 6.08 Å². The minimum absolute atomic E-state index is 0.197. The normalized spacial score (nSPS) is 25.8. The van der Waals surface area contributed by atoms with Crippen LogP contribution in [0, 0.1) is 11.8 Å². The lowest BCUT2D eigenvalue weighted by Gasteiger charge is -2.32. The fraction of sp³-hybridized carbons (Fsp3) is 0.143. The average Bonchev–Trinajstić information content (AvgIpc) is 2.40. The summed E-state index contributed by atoms with van der Waals surface area (Å²) in [6, 6.07) is 6.24. The molecule has 2 aliphatic rings. The maximum absolute atomic E-state index is 12.3. The first-order valence-electron chi connectivity index (χ1n) is 5.72. The zero-order chi connectivity index (χ0) is 13.7. The Morgan fingerprint density at radius 1 is 0.842 bits per heavy atom. The Bertz CT molecular complexity index is 668. The van der Waals surface area contributed by atoms with Gasteiger partial charge in [-0.15, -0.1) is 0 Å². The number of hydrogen-bond acceptors (Lipinski definition) is 5. The van der Waals surface area contributed by atoms with Crippen LogP contribution in [0.3, 0.4) is 0 Å². The number of allylic oxidation sites excluding steroid dienone is 3. The minimum Gasteiger partial charge on any atom is -0.511 e. The van der Waals surface area contributed by atoms with E-state index in [0.29, 0.717) is 0 Å². The number of fused-ring (bicyclic) bond motifs is 2. The summed E-state index contributed by atoms with van der Waals surface area (Å²) in [5.41, 5.74) is 0.422. The third-order valence-electron chi connectivity index (χ3n) is 3.52. The quantitative estimate of drug-likeness (QED) is 0.662. The number of aliphatic hydroxyl groups excluding tert-OH is 3. The summed E-state index contributed by atoms with van der Waals surface area (Å²) in [5, 5.41) is 29.1. The van der Waals surface area contributed by atoms with E-state index in [1.54, 1.807) is 12.1 Å². The highest BCUT2D eigenvalue weighted by Gasteiger charge is 2.48. The van der Waals surface area contributed by atoms with Crippen LogP contribution in [0.25, 0.3) is 0 Å². The zero-order valence-corrected chi connectivity index (χ0v) is 9.70. The van der Waals surface area contributed by atoms with Crippen molar-refractivity contribution in [1.82, 2.24) is 0 Å². The SMILES string of the molecule is O=C1c2ccccc2C(=O)C2C(O)=C(O)C=C(O)C12. The monoisotopic (exact) mass is 258 g/mol. The summed E-state index contributed by atoms with van der Waals surface area (Å²) in [7, 11) is 0. The van der Waals surface area contributed by atoms with E-state index in [1.165, 1.54) is 12.1 Å². The van der Waals surface area contributed by atoms with E-state index < -0.39 is 40.7 Å². The van der Waals surface area contributed by atoms with Gasteiger partial charge < -0.3 is 15.3 Å². The average molecular weight is 258 g/mol. The number of aliphatic hydroxyl groups is 3. The van der Waals surface area contributed by atoms with Crippen molar-refractivity contribution in [3.05, 3.63) is 58.7 Å².